The Labute approximate surface area is 129 Å². The number of rotatable bonds is 5. The molecule has 1 amide bonds. The molecular weight excluding hydrogens is 284 g/mol. The van der Waals surface area contributed by atoms with Gasteiger partial charge in [0, 0.05) is 26.2 Å². The third-order valence-electron chi connectivity index (χ3n) is 3.76. The second-order valence-corrected chi connectivity index (χ2v) is 5.38. The van der Waals surface area contributed by atoms with Crippen molar-refractivity contribution in [3.8, 4) is 0 Å². The molecule has 120 valence electrons. The third-order valence-corrected chi connectivity index (χ3v) is 3.76. The molecule has 0 unspecified atom stereocenters. The maximum Gasteiger partial charge on any atom is 0.309 e. The summed E-state index contributed by atoms with van der Waals surface area (Å²) in [6.45, 7) is 3.32. The zero-order chi connectivity index (χ0) is 16.1. The van der Waals surface area contributed by atoms with Crippen LogP contribution < -0.4 is 16.4 Å². The number of primary amides is 1. The van der Waals surface area contributed by atoms with Crippen molar-refractivity contribution in [2.45, 2.75) is 6.42 Å². The maximum absolute atomic E-state index is 11.4. The van der Waals surface area contributed by atoms with Gasteiger partial charge < -0.3 is 21.1 Å². The van der Waals surface area contributed by atoms with E-state index in [1.165, 1.54) is 7.11 Å². The van der Waals surface area contributed by atoms with E-state index in [2.05, 4.69) is 9.64 Å². The van der Waals surface area contributed by atoms with Crippen LogP contribution in [-0.4, -0.2) is 56.6 Å². The molecule has 1 heterocycles. The van der Waals surface area contributed by atoms with Crippen LogP contribution in [0.25, 0.3) is 0 Å². The molecule has 2 rings (SSSR count). The Hall–Kier alpha value is -2.28. The molecular formula is C15H22N4O3. The van der Waals surface area contributed by atoms with Crippen LogP contribution in [-0.2, 0) is 20.7 Å². The molecule has 7 nitrogen and oxygen atoms in total. The minimum Gasteiger partial charge on any atom is -0.469 e. The summed E-state index contributed by atoms with van der Waals surface area (Å²) >= 11 is 0. The van der Waals surface area contributed by atoms with Gasteiger partial charge in [-0.05, 0) is 17.7 Å². The molecule has 22 heavy (non-hydrogen) atoms. The predicted octanol–water partition coefficient (Wildman–Crippen LogP) is -0.408. The van der Waals surface area contributed by atoms with E-state index in [1.54, 1.807) is 0 Å². The Morgan fingerprint density at radius 2 is 1.91 bits per heavy atom. The summed E-state index contributed by atoms with van der Waals surface area (Å²) in [5.74, 6) is -0.588. The van der Waals surface area contributed by atoms with Crippen LogP contribution >= 0.6 is 0 Å². The fourth-order valence-electron chi connectivity index (χ4n) is 2.58. The molecule has 0 saturated carbocycles. The highest BCUT2D eigenvalue weighted by Crippen LogP contribution is 2.26. The molecule has 1 aromatic carbocycles. The lowest BCUT2D eigenvalue weighted by Gasteiger charge is -2.36. The van der Waals surface area contributed by atoms with Crippen LogP contribution in [0.3, 0.4) is 0 Å². The first kappa shape index (κ1) is 16.1. The number of carbonyl (C=O) groups is 2. The minimum atomic E-state index is -0.312. The smallest absolute Gasteiger partial charge is 0.309 e. The molecule has 0 aromatic heterocycles. The lowest BCUT2D eigenvalue weighted by Crippen LogP contribution is -2.49. The van der Waals surface area contributed by atoms with Crippen molar-refractivity contribution < 1.29 is 14.3 Å². The molecule has 0 spiro atoms. The largest absolute Gasteiger partial charge is 0.469 e. The normalized spacial score (nSPS) is 15.6. The van der Waals surface area contributed by atoms with E-state index in [9.17, 15) is 9.59 Å². The van der Waals surface area contributed by atoms with Gasteiger partial charge in [-0.25, -0.2) is 0 Å². The number of hydrogen-bond acceptors (Lipinski definition) is 6. The number of methoxy groups -OCH3 is 1. The van der Waals surface area contributed by atoms with Gasteiger partial charge in [-0.15, -0.1) is 0 Å². The van der Waals surface area contributed by atoms with Gasteiger partial charge in [-0.1, -0.05) is 6.07 Å². The average Bonchev–Trinajstić information content (AvgIpc) is 2.49. The van der Waals surface area contributed by atoms with Gasteiger partial charge in [-0.2, -0.15) is 0 Å². The molecule has 1 aliphatic rings. The van der Waals surface area contributed by atoms with Crippen molar-refractivity contribution >= 4 is 23.3 Å². The first-order chi connectivity index (χ1) is 10.5. The highest BCUT2D eigenvalue weighted by atomic mass is 16.5. The van der Waals surface area contributed by atoms with Crippen molar-refractivity contribution in [3.63, 3.8) is 0 Å². The quantitative estimate of drug-likeness (QED) is 0.566. The Bertz CT molecular complexity index is 554. The van der Waals surface area contributed by atoms with Crippen LogP contribution in [0, 0.1) is 0 Å². The zero-order valence-electron chi connectivity index (χ0n) is 12.7. The summed E-state index contributed by atoms with van der Waals surface area (Å²) in [5, 5.41) is 0. The fraction of sp³-hybridized carbons (Fsp3) is 0.467. The van der Waals surface area contributed by atoms with E-state index in [0.717, 1.165) is 37.4 Å². The SMILES string of the molecule is COC(=O)Cc1ccc(N)c(N2CCN(CC(N)=O)CC2)c1. The molecule has 0 atom stereocenters. The van der Waals surface area contributed by atoms with Crippen LogP contribution in [0.2, 0.25) is 0 Å². The number of benzene rings is 1. The fourth-order valence-corrected chi connectivity index (χ4v) is 2.58. The van der Waals surface area contributed by atoms with E-state index in [0.29, 0.717) is 5.69 Å². The van der Waals surface area contributed by atoms with Crippen molar-refractivity contribution in [2.24, 2.45) is 5.73 Å². The Morgan fingerprint density at radius 3 is 2.50 bits per heavy atom. The molecule has 1 saturated heterocycles. The lowest BCUT2D eigenvalue weighted by atomic mass is 10.1. The summed E-state index contributed by atoms with van der Waals surface area (Å²) in [4.78, 5) is 26.5. The molecule has 1 aromatic rings. The number of esters is 1. The number of nitrogens with zero attached hydrogens (tertiary/aromatic N) is 2. The van der Waals surface area contributed by atoms with E-state index in [-0.39, 0.29) is 24.8 Å². The summed E-state index contributed by atoms with van der Waals surface area (Å²) < 4.78 is 4.69. The topological polar surface area (TPSA) is 102 Å². The van der Waals surface area contributed by atoms with Crippen molar-refractivity contribution in [1.29, 1.82) is 0 Å². The van der Waals surface area contributed by atoms with E-state index in [1.807, 2.05) is 23.1 Å². The second kappa shape index (κ2) is 7.13. The maximum atomic E-state index is 11.4. The summed E-state index contributed by atoms with van der Waals surface area (Å²) in [7, 11) is 1.37. The van der Waals surface area contributed by atoms with Crippen LogP contribution in [0.5, 0.6) is 0 Å². The molecule has 0 aliphatic carbocycles. The van der Waals surface area contributed by atoms with Gasteiger partial charge in [-0.3, -0.25) is 14.5 Å². The van der Waals surface area contributed by atoms with Gasteiger partial charge in [0.25, 0.3) is 0 Å². The Morgan fingerprint density at radius 1 is 1.23 bits per heavy atom. The number of nitrogen functional groups attached to an aromatic ring is 1. The zero-order valence-corrected chi connectivity index (χ0v) is 12.7. The number of carbonyl (C=O) groups excluding carboxylic acids is 2. The highest BCUT2D eigenvalue weighted by Gasteiger charge is 2.20. The van der Waals surface area contributed by atoms with Crippen molar-refractivity contribution in [2.75, 3.05) is 50.5 Å². The number of ether oxygens (including phenoxy) is 1. The van der Waals surface area contributed by atoms with E-state index >= 15 is 0 Å². The van der Waals surface area contributed by atoms with Gasteiger partial charge in [0.05, 0.1) is 31.5 Å². The summed E-state index contributed by atoms with van der Waals surface area (Å²) in [6.07, 6.45) is 0.228. The van der Waals surface area contributed by atoms with Gasteiger partial charge in [0.2, 0.25) is 5.91 Å². The summed E-state index contributed by atoms with van der Waals surface area (Å²) in [6, 6.07) is 5.57. The van der Waals surface area contributed by atoms with Crippen LogP contribution in [0.1, 0.15) is 5.56 Å². The average molecular weight is 306 g/mol. The predicted molar refractivity (Wildman–Crippen MR) is 84.4 cm³/mol. The van der Waals surface area contributed by atoms with E-state index in [4.69, 9.17) is 11.5 Å². The number of hydrogen-bond donors (Lipinski definition) is 2. The first-order valence-corrected chi connectivity index (χ1v) is 7.20. The molecule has 1 aliphatic heterocycles. The van der Waals surface area contributed by atoms with E-state index < -0.39 is 0 Å². The van der Waals surface area contributed by atoms with Crippen LogP contribution in [0.4, 0.5) is 11.4 Å². The minimum absolute atomic E-state index is 0.228. The Kier molecular flexibility index (Phi) is 5.21. The molecule has 1 fully saturated rings. The highest BCUT2D eigenvalue weighted by molar-refractivity contribution is 5.76. The monoisotopic (exact) mass is 306 g/mol. The standard InChI is InChI=1S/C15H22N4O3/c1-22-15(21)9-11-2-3-12(16)13(8-11)19-6-4-18(5-7-19)10-14(17)20/h2-3,8H,4-7,9-10,16H2,1H3,(H2,17,20). The molecule has 7 heteroatoms. The number of anilines is 2. The third kappa shape index (κ3) is 4.11. The van der Waals surface area contributed by atoms with Gasteiger partial charge in [0.15, 0.2) is 0 Å². The van der Waals surface area contributed by atoms with Crippen molar-refractivity contribution in [1.82, 2.24) is 4.90 Å². The molecule has 0 radical (unpaired) electrons. The van der Waals surface area contributed by atoms with Crippen LogP contribution in [0.15, 0.2) is 18.2 Å². The number of piperazine rings is 1. The lowest BCUT2D eigenvalue weighted by molar-refractivity contribution is -0.139. The van der Waals surface area contributed by atoms with Gasteiger partial charge in [0.1, 0.15) is 0 Å². The summed E-state index contributed by atoms with van der Waals surface area (Å²) in [5.41, 5.74) is 13.7. The second-order valence-electron chi connectivity index (χ2n) is 5.38. The Balaban J connectivity index is 2.04. The number of amides is 1. The molecule has 0 bridgehead atoms. The molecule has 4 N–H and O–H groups in total. The number of nitrogens with two attached hydrogens (primary N) is 2. The first-order valence-electron chi connectivity index (χ1n) is 7.20. The van der Waals surface area contributed by atoms with Crippen molar-refractivity contribution in [3.05, 3.63) is 23.8 Å². The van der Waals surface area contributed by atoms with Gasteiger partial charge >= 0.3 is 5.97 Å².